The molecule has 36 heavy (non-hydrogen) atoms. The third-order valence-corrected chi connectivity index (χ3v) is 6.66. The summed E-state index contributed by atoms with van der Waals surface area (Å²) in [5, 5.41) is 2.49. The lowest BCUT2D eigenvalue weighted by atomic mass is 10.0. The van der Waals surface area contributed by atoms with Gasteiger partial charge in [0.2, 0.25) is 0 Å². The predicted octanol–water partition coefficient (Wildman–Crippen LogP) is 6.30. The van der Waals surface area contributed by atoms with Gasteiger partial charge in [-0.25, -0.2) is 15.0 Å². The van der Waals surface area contributed by atoms with E-state index in [0.717, 1.165) is 29.0 Å². The van der Waals surface area contributed by atoms with Crippen LogP contribution in [0.5, 0.6) is 0 Å². The lowest BCUT2D eigenvalue weighted by Crippen LogP contribution is -2.12. The Kier molecular flexibility index (Phi) is 7.41. The van der Waals surface area contributed by atoms with Crippen LogP contribution in [0.25, 0.3) is 11.3 Å². The molecule has 12 heteroatoms. The number of aromatic nitrogens is 4. The van der Waals surface area contributed by atoms with Crippen molar-refractivity contribution in [1.29, 1.82) is 0 Å². The fourth-order valence-electron chi connectivity index (χ4n) is 3.29. The van der Waals surface area contributed by atoms with Gasteiger partial charge in [0, 0.05) is 36.0 Å². The van der Waals surface area contributed by atoms with Crippen molar-refractivity contribution in [3.63, 3.8) is 0 Å². The van der Waals surface area contributed by atoms with Crippen LogP contribution in [0.2, 0.25) is 5.02 Å². The third-order valence-electron chi connectivity index (χ3n) is 5.10. The molecule has 3 aromatic heterocycles. The zero-order chi connectivity index (χ0) is 25.9. The van der Waals surface area contributed by atoms with E-state index < -0.39 is 22.7 Å². The highest BCUT2D eigenvalue weighted by atomic mass is 35.5. The number of pyridine rings is 1. The van der Waals surface area contributed by atoms with Gasteiger partial charge >= 0.3 is 6.18 Å². The van der Waals surface area contributed by atoms with Crippen molar-refractivity contribution < 1.29 is 22.8 Å². The standard InChI is InChI=1S/C24H17ClF3N5O2S/c1-13(7-20(34)19-9-18(31-12-32-19)14-3-2-6-29-10-14)23-30-11-21(36-23)22(35)33-15-4-5-17(25)16(8-15)24(26,27)28/h2-6,8-13H,7H2,1H3,(H,33,35)/t13-/m0/s1. The van der Waals surface area contributed by atoms with Crippen LogP contribution in [0.15, 0.2) is 61.3 Å². The molecule has 0 radical (unpaired) electrons. The minimum Gasteiger partial charge on any atom is -0.321 e. The van der Waals surface area contributed by atoms with E-state index >= 15 is 0 Å². The normalized spacial score (nSPS) is 12.2. The molecule has 3 heterocycles. The van der Waals surface area contributed by atoms with E-state index in [2.05, 4.69) is 25.3 Å². The number of amides is 1. The molecule has 0 aliphatic carbocycles. The second-order valence-electron chi connectivity index (χ2n) is 7.77. The highest BCUT2D eigenvalue weighted by Gasteiger charge is 2.33. The van der Waals surface area contributed by atoms with E-state index in [1.807, 2.05) is 6.07 Å². The van der Waals surface area contributed by atoms with E-state index in [1.54, 1.807) is 31.5 Å². The van der Waals surface area contributed by atoms with Gasteiger partial charge in [-0.1, -0.05) is 18.5 Å². The van der Waals surface area contributed by atoms with Crippen molar-refractivity contribution in [3.05, 3.63) is 87.5 Å². The molecule has 4 rings (SSSR count). The number of rotatable bonds is 7. The number of nitrogens with one attached hydrogen (secondary N) is 1. The molecule has 0 bridgehead atoms. The summed E-state index contributed by atoms with van der Waals surface area (Å²) in [6.07, 6.45) is 1.34. The van der Waals surface area contributed by atoms with Gasteiger partial charge in [0.1, 0.15) is 16.9 Å². The van der Waals surface area contributed by atoms with E-state index in [-0.39, 0.29) is 34.4 Å². The largest absolute Gasteiger partial charge is 0.417 e. The number of benzene rings is 1. The Morgan fingerprint density at radius 3 is 2.64 bits per heavy atom. The number of carbonyl (C=O) groups excluding carboxylic acids is 2. The van der Waals surface area contributed by atoms with Crippen LogP contribution in [0, 0.1) is 0 Å². The molecule has 1 aromatic carbocycles. The summed E-state index contributed by atoms with van der Waals surface area (Å²) in [6, 6.07) is 8.29. The van der Waals surface area contributed by atoms with Gasteiger partial charge in [0.15, 0.2) is 5.78 Å². The van der Waals surface area contributed by atoms with Gasteiger partial charge in [0.25, 0.3) is 5.91 Å². The molecule has 184 valence electrons. The number of halogens is 4. The van der Waals surface area contributed by atoms with Crippen LogP contribution in [-0.4, -0.2) is 31.6 Å². The molecule has 0 spiro atoms. The Morgan fingerprint density at radius 1 is 1.11 bits per heavy atom. The first-order valence-corrected chi connectivity index (χ1v) is 11.7. The fraction of sp³-hybridized carbons (Fsp3) is 0.167. The van der Waals surface area contributed by atoms with Crippen LogP contribution in [0.1, 0.15) is 50.0 Å². The Labute approximate surface area is 212 Å². The first kappa shape index (κ1) is 25.4. The number of Topliss-reactive ketones (excluding diaryl/α,β-unsaturated/α-hetero) is 1. The summed E-state index contributed by atoms with van der Waals surface area (Å²) < 4.78 is 39.2. The topological polar surface area (TPSA) is 97.7 Å². The van der Waals surface area contributed by atoms with Gasteiger partial charge in [0.05, 0.1) is 27.5 Å². The van der Waals surface area contributed by atoms with Crippen LogP contribution in [0.3, 0.4) is 0 Å². The van der Waals surface area contributed by atoms with E-state index in [1.165, 1.54) is 18.6 Å². The highest BCUT2D eigenvalue weighted by Crippen LogP contribution is 2.36. The summed E-state index contributed by atoms with van der Waals surface area (Å²) in [5.41, 5.74) is 0.464. The SMILES string of the molecule is C[C@@H](CC(=O)c1cc(-c2cccnc2)ncn1)c1ncc(C(=O)Nc2ccc(Cl)c(C(F)(F)F)c2)s1. The minimum absolute atomic E-state index is 0.0527. The summed E-state index contributed by atoms with van der Waals surface area (Å²) in [4.78, 5) is 42.1. The second kappa shape index (κ2) is 10.5. The average Bonchev–Trinajstić information content (AvgIpc) is 3.36. The van der Waals surface area contributed by atoms with Crippen LogP contribution in [-0.2, 0) is 6.18 Å². The molecule has 7 nitrogen and oxygen atoms in total. The average molecular weight is 532 g/mol. The smallest absolute Gasteiger partial charge is 0.321 e. The molecule has 4 aromatic rings. The summed E-state index contributed by atoms with van der Waals surface area (Å²) in [7, 11) is 0. The van der Waals surface area contributed by atoms with Gasteiger partial charge in [-0.15, -0.1) is 11.3 Å². The van der Waals surface area contributed by atoms with E-state index in [0.29, 0.717) is 10.7 Å². The molecule has 0 unspecified atom stereocenters. The zero-order valence-corrected chi connectivity index (χ0v) is 20.2. The van der Waals surface area contributed by atoms with E-state index in [9.17, 15) is 22.8 Å². The molecule has 1 atom stereocenters. The molecule has 0 aliphatic rings. The lowest BCUT2D eigenvalue weighted by molar-refractivity contribution is -0.137. The monoisotopic (exact) mass is 531 g/mol. The predicted molar refractivity (Wildman–Crippen MR) is 129 cm³/mol. The number of hydrogen-bond donors (Lipinski definition) is 1. The Bertz CT molecular complexity index is 1410. The van der Waals surface area contributed by atoms with E-state index in [4.69, 9.17) is 11.6 Å². The molecule has 0 fully saturated rings. The van der Waals surface area contributed by atoms with Crippen LogP contribution in [0.4, 0.5) is 18.9 Å². The summed E-state index contributed by atoms with van der Waals surface area (Å²) >= 11 is 6.67. The van der Waals surface area contributed by atoms with Gasteiger partial charge in [-0.05, 0) is 36.4 Å². The second-order valence-corrected chi connectivity index (χ2v) is 9.24. The maximum atomic E-state index is 13.1. The number of hydrogen-bond acceptors (Lipinski definition) is 7. The van der Waals surface area contributed by atoms with Crippen molar-refractivity contribution in [1.82, 2.24) is 19.9 Å². The van der Waals surface area contributed by atoms with Gasteiger partial charge in [-0.2, -0.15) is 13.2 Å². The molecular weight excluding hydrogens is 515 g/mol. The van der Waals surface area contributed by atoms with Crippen molar-refractivity contribution >= 4 is 40.3 Å². The number of thiazole rings is 1. The summed E-state index contributed by atoms with van der Waals surface area (Å²) in [5.74, 6) is -1.17. The molecule has 1 amide bonds. The molecule has 0 saturated heterocycles. The van der Waals surface area contributed by atoms with Crippen molar-refractivity contribution in [2.24, 2.45) is 0 Å². The lowest BCUT2D eigenvalue weighted by Gasteiger charge is -2.11. The maximum Gasteiger partial charge on any atom is 0.417 e. The first-order valence-electron chi connectivity index (χ1n) is 10.5. The zero-order valence-electron chi connectivity index (χ0n) is 18.6. The Morgan fingerprint density at radius 2 is 1.92 bits per heavy atom. The fourth-order valence-corrected chi connectivity index (χ4v) is 4.37. The number of nitrogens with zero attached hydrogens (tertiary/aromatic N) is 4. The first-order chi connectivity index (χ1) is 17.1. The number of alkyl halides is 3. The highest BCUT2D eigenvalue weighted by molar-refractivity contribution is 7.13. The third kappa shape index (κ3) is 5.92. The number of carbonyl (C=O) groups is 2. The quantitative estimate of drug-likeness (QED) is 0.281. The van der Waals surface area contributed by atoms with Gasteiger partial charge < -0.3 is 5.32 Å². The Balaban J connectivity index is 1.43. The summed E-state index contributed by atoms with van der Waals surface area (Å²) in [6.45, 7) is 1.79. The van der Waals surface area contributed by atoms with Crippen molar-refractivity contribution in [2.45, 2.75) is 25.4 Å². The molecule has 0 aliphatic heterocycles. The number of anilines is 1. The molecule has 1 N–H and O–H groups in total. The van der Waals surface area contributed by atoms with Crippen LogP contribution < -0.4 is 5.32 Å². The molecular formula is C24H17ClF3N5O2S. The minimum atomic E-state index is -4.65. The molecule has 0 saturated carbocycles. The maximum absolute atomic E-state index is 13.1. The van der Waals surface area contributed by atoms with Crippen molar-refractivity contribution in [2.75, 3.05) is 5.32 Å². The van der Waals surface area contributed by atoms with Gasteiger partial charge in [-0.3, -0.25) is 14.6 Å². The Hall–Kier alpha value is -3.70. The van der Waals surface area contributed by atoms with Crippen LogP contribution >= 0.6 is 22.9 Å². The number of ketones is 1. The van der Waals surface area contributed by atoms with Crippen molar-refractivity contribution in [3.8, 4) is 11.3 Å².